The molecular formula is C13H15N3. The lowest BCUT2D eigenvalue weighted by molar-refractivity contribution is 0.370. The average molecular weight is 213 g/mol. The number of likely N-dealkylation sites (N-methyl/N-ethyl adjacent to an activating group) is 1. The van der Waals surface area contributed by atoms with E-state index >= 15 is 0 Å². The largest absolute Gasteiger partial charge is 0.345 e. The minimum absolute atomic E-state index is 1.04. The van der Waals surface area contributed by atoms with Gasteiger partial charge in [-0.25, -0.2) is 4.98 Å². The summed E-state index contributed by atoms with van der Waals surface area (Å²) in [5.74, 6) is 0. The Morgan fingerprint density at radius 3 is 3.12 bits per heavy atom. The number of imidazole rings is 1. The van der Waals surface area contributed by atoms with Gasteiger partial charge in [0.1, 0.15) is 0 Å². The highest BCUT2D eigenvalue weighted by molar-refractivity contribution is 5.89. The van der Waals surface area contributed by atoms with E-state index in [9.17, 15) is 0 Å². The van der Waals surface area contributed by atoms with E-state index in [1.54, 1.807) is 6.33 Å². The van der Waals surface area contributed by atoms with Crippen molar-refractivity contribution in [2.75, 3.05) is 20.1 Å². The van der Waals surface area contributed by atoms with Gasteiger partial charge in [-0.3, -0.25) is 0 Å². The number of aromatic nitrogens is 2. The monoisotopic (exact) mass is 213 g/mol. The van der Waals surface area contributed by atoms with Crippen LogP contribution in [0.5, 0.6) is 0 Å². The van der Waals surface area contributed by atoms with E-state index in [0.717, 1.165) is 30.5 Å². The quantitative estimate of drug-likeness (QED) is 0.788. The van der Waals surface area contributed by atoms with Gasteiger partial charge in [0.05, 0.1) is 17.4 Å². The summed E-state index contributed by atoms with van der Waals surface area (Å²) in [6.45, 7) is 2.17. The van der Waals surface area contributed by atoms with Crippen LogP contribution in [0, 0.1) is 0 Å². The van der Waals surface area contributed by atoms with Crippen LogP contribution in [0.2, 0.25) is 0 Å². The smallest absolute Gasteiger partial charge is 0.0957 e. The van der Waals surface area contributed by atoms with Crippen molar-refractivity contribution in [3.8, 4) is 0 Å². The standard InChI is InChI=1S/C13H15N3/c1-16-7-5-10(6-8-16)11-3-2-4-12-13(11)15-9-14-12/h2-5,9H,6-8H2,1H3,(H,14,15). The van der Waals surface area contributed by atoms with Gasteiger partial charge in [0.15, 0.2) is 0 Å². The number of aromatic amines is 1. The Labute approximate surface area is 94.8 Å². The molecule has 3 heteroatoms. The normalized spacial score (nSPS) is 17.7. The fourth-order valence-electron chi connectivity index (χ4n) is 2.24. The molecule has 0 spiro atoms. The molecule has 0 fully saturated rings. The van der Waals surface area contributed by atoms with Crippen molar-refractivity contribution in [1.29, 1.82) is 0 Å². The number of fused-ring (bicyclic) bond motifs is 1. The highest BCUT2D eigenvalue weighted by atomic mass is 15.1. The molecule has 0 unspecified atom stereocenters. The van der Waals surface area contributed by atoms with E-state index in [4.69, 9.17) is 0 Å². The number of benzene rings is 1. The summed E-state index contributed by atoms with van der Waals surface area (Å²) in [5.41, 5.74) is 4.93. The lowest BCUT2D eigenvalue weighted by Crippen LogP contribution is -2.23. The minimum Gasteiger partial charge on any atom is -0.345 e. The molecule has 3 nitrogen and oxygen atoms in total. The summed E-state index contributed by atoms with van der Waals surface area (Å²) in [5, 5.41) is 0. The molecule has 3 rings (SSSR count). The van der Waals surface area contributed by atoms with Gasteiger partial charge in [0.25, 0.3) is 0 Å². The molecule has 0 bridgehead atoms. The maximum atomic E-state index is 4.40. The molecule has 0 radical (unpaired) electrons. The Morgan fingerprint density at radius 2 is 2.31 bits per heavy atom. The van der Waals surface area contributed by atoms with Crippen LogP contribution >= 0.6 is 0 Å². The van der Waals surface area contributed by atoms with Crippen molar-refractivity contribution < 1.29 is 0 Å². The van der Waals surface area contributed by atoms with Crippen molar-refractivity contribution in [2.24, 2.45) is 0 Å². The van der Waals surface area contributed by atoms with E-state index in [1.165, 1.54) is 11.1 Å². The summed E-state index contributed by atoms with van der Waals surface area (Å²) < 4.78 is 0. The van der Waals surface area contributed by atoms with Crippen molar-refractivity contribution in [1.82, 2.24) is 14.9 Å². The molecule has 1 aromatic carbocycles. The van der Waals surface area contributed by atoms with Crippen molar-refractivity contribution >= 4 is 16.6 Å². The van der Waals surface area contributed by atoms with Gasteiger partial charge in [0.2, 0.25) is 0 Å². The molecule has 1 aliphatic rings. The van der Waals surface area contributed by atoms with Gasteiger partial charge >= 0.3 is 0 Å². The number of nitrogens with zero attached hydrogens (tertiary/aromatic N) is 2. The molecule has 2 heterocycles. The third-order valence-electron chi connectivity index (χ3n) is 3.21. The summed E-state index contributed by atoms with van der Waals surface area (Å²) in [7, 11) is 2.16. The Hall–Kier alpha value is -1.61. The summed E-state index contributed by atoms with van der Waals surface area (Å²) >= 11 is 0. The van der Waals surface area contributed by atoms with Crippen LogP contribution in [0.4, 0.5) is 0 Å². The first kappa shape index (κ1) is 9.60. The summed E-state index contributed by atoms with van der Waals surface area (Å²) in [6.07, 6.45) is 5.19. The fraction of sp³-hybridized carbons (Fsp3) is 0.308. The van der Waals surface area contributed by atoms with Crippen LogP contribution in [-0.2, 0) is 0 Å². The van der Waals surface area contributed by atoms with Crippen LogP contribution in [0.15, 0.2) is 30.6 Å². The number of para-hydroxylation sites is 1. The molecule has 16 heavy (non-hydrogen) atoms. The molecule has 82 valence electrons. The Balaban J connectivity index is 2.09. The lowest BCUT2D eigenvalue weighted by atomic mass is 9.98. The van der Waals surface area contributed by atoms with Gasteiger partial charge in [-0.05, 0) is 25.1 Å². The highest BCUT2D eigenvalue weighted by Crippen LogP contribution is 2.26. The maximum Gasteiger partial charge on any atom is 0.0957 e. The van der Waals surface area contributed by atoms with E-state index in [-0.39, 0.29) is 0 Å². The van der Waals surface area contributed by atoms with Crippen molar-refractivity contribution in [2.45, 2.75) is 6.42 Å². The van der Waals surface area contributed by atoms with Crippen LogP contribution in [0.25, 0.3) is 16.6 Å². The van der Waals surface area contributed by atoms with Crippen LogP contribution in [-0.4, -0.2) is 35.0 Å². The molecule has 0 saturated heterocycles. The number of hydrogen-bond acceptors (Lipinski definition) is 2. The molecule has 0 amide bonds. The molecule has 1 aromatic heterocycles. The zero-order chi connectivity index (χ0) is 11.0. The minimum atomic E-state index is 1.04. The second kappa shape index (κ2) is 3.76. The third kappa shape index (κ3) is 1.53. The number of nitrogens with one attached hydrogen (secondary N) is 1. The van der Waals surface area contributed by atoms with Crippen LogP contribution in [0.1, 0.15) is 12.0 Å². The summed E-state index contributed by atoms with van der Waals surface area (Å²) in [6, 6.07) is 6.33. The van der Waals surface area contributed by atoms with Gasteiger partial charge in [-0.15, -0.1) is 0 Å². The molecule has 2 aromatic rings. The number of rotatable bonds is 1. The van der Waals surface area contributed by atoms with E-state index in [1.807, 2.05) is 0 Å². The van der Waals surface area contributed by atoms with Gasteiger partial charge in [0, 0.05) is 18.7 Å². The Bertz CT molecular complexity index is 539. The fourth-order valence-corrected chi connectivity index (χ4v) is 2.24. The molecule has 0 saturated carbocycles. The first-order chi connectivity index (χ1) is 7.84. The second-order valence-corrected chi connectivity index (χ2v) is 4.35. The molecule has 0 atom stereocenters. The Morgan fingerprint density at radius 1 is 1.38 bits per heavy atom. The number of H-pyrrole nitrogens is 1. The zero-order valence-electron chi connectivity index (χ0n) is 9.40. The second-order valence-electron chi connectivity index (χ2n) is 4.35. The SMILES string of the molecule is CN1CC=C(c2cccc3[nH]cnc23)CC1. The topological polar surface area (TPSA) is 31.9 Å². The lowest BCUT2D eigenvalue weighted by Gasteiger charge is -2.22. The molecular weight excluding hydrogens is 198 g/mol. The van der Waals surface area contributed by atoms with Crippen molar-refractivity contribution in [3.63, 3.8) is 0 Å². The van der Waals surface area contributed by atoms with Gasteiger partial charge < -0.3 is 9.88 Å². The first-order valence-electron chi connectivity index (χ1n) is 5.64. The Kier molecular flexibility index (Phi) is 2.26. The van der Waals surface area contributed by atoms with Crippen LogP contribution < -0.4 is 0 Å². The molecule has 0 aliphatic carbocycles. The van der Waals surface area contributed by atoms with E-state index < -0.39 is 0 Å². The maximum absolute atomic E-state index is 4.40. The predicted molar refractivity (Wildman–Crippen MR) is 66.2 cm³/mol. The van der Waals surface area contributed by atoms with Gasteiger partial charge in [-0.1, -0.05) is 18.2 Å². The predicted octanol–water partition coefficient (Wildman–Crippen LogP) is 2.28. The molecule has 1 N–H and O–H groups in total. The van der Waals surface area contributed by atoms with Crippen LogP contribution in [0.3, 0.4) is 0 Å². The third-order valence-corrected chi connectivity index (χ3v) is 3.21. The summed E-state index contributed by atoms with van der Waals surface area (Å²) in [4.78, 5) is 9.89. The zero-order valence-corrected chi connectivity index (χ0v) is 9.40. The van der Waals surface area contributed by atoms with Gasteiger partial charge in [-0.2, -0.15) is 0 Å². The van der Waals surface area contributed by atoms with Crippen molar-refractivity contribution in [3.05, 3.63) is 36.2 Å². The first-order valence-corrected chi connectivity index (χ1v) is 5.64. The average Bonchev–Trinajstić information content (AvgIpc) is 2.78. The highest BCUT2D eigenvalue weighted by Gasteiger charge is 2.12. The number of hydrogen-bond donors (Lipinski definition) is 1. The van der Waals surface area contributed by atoms with E-state index in [2.05, 4.69) is 46.2 Å². The molecule has 1 aliphatic heterocycles. The van der Waals surface area contributed by atoms with E-state index in [0.29, 0.717) is 0 Å².